The van der Waals surface area contributed by atoms with Gasteiger partial charge < -0.3 is 4.74 Å². The topological polar surface area (TPSA) is 50.7 Å². The van der Waals surface area contributed by atoms with Gasteiger partial charge in [-0.15, -0.1) is 0 Å². The number of benzene rings is 1. The molecule has 0 bridgehead atoms. The smallest absolute Gasteiger partial charge is 0.277 e. The average Bonchev–Trinajstić information content (AvgIpc) is 2.35. The van der Waals surface area contributed by atoms with Crippen molar-refractivity contribution in [2.75, 3.05) is 6.61 Å². The molecule has 1 aromatic carbocycles. The average molecular weight is 269 g/mol. The molecule has 0 saturated heterocycles. The van der Waals surface area contributed by atoms with Gasteiger partial charge in [-0.3, -0.25) is 4.79 Å². The van der Waals surface area contributed by atoms with Crippen LogP contribution in [-0.4, -0.2) is 18.2 Å². The van der Waals surface area contributed by atoms with Crippen LogP contribution in [-0.2, 0) is 4.79 Å². The third kappa shape index (κ3) is 5.19. The van der Waals surface area contributed by atoms with Gasteiger partial charge in [0.2, 0.25) is 0 Å². The summed E-state index contributed by atoms with van der Waals surface area (Å²) in [5, 5.41) is 4.59. The zero-order valence-corrected chi connectivity index (χ0v) is 11.5. The maximum atomic E-state index is 11.4. The molecular formula is C13H17ClN2O2. The summed E-state index contributed by atoms with van der Waals surface area (Å²) in [5.74, 6) is 0.617. The lowest BCUT2D eigenvalue weighted by atomic mass is 10.1. The first-order chi connectivity index (χ1) is 8.49. The van der Waals surface area contributed by atoms with E-state index in [0.717, 1.165) is 5.71 Å². The van der Waals surface area contributed by atoms with Crippen molar-refractivity contribution in [3.05, 3.63) is 29.3 Å². The molecule has 1 N–H and O–H groups in total. The van der Waals surface area contributed by atoms with E-state index in [4.69, 9.17) is 16.3 Å². The number of rotatable bonds is 5. The van der Waals surface area contributed by atoms with Crippen LogP contribution in [0, 0.1) is 5.92 Å². The molecule has 5 heteroatoms. The molecule has 98 valence electrons. The van der Waals surface area contributed by atoms with Crippen molar-refractivity contribution in [3.8, 4) is 5.75 Å². The fraction of sp³-hybridized carbons (Fsp3) is 0.385. The third-order valence-electron chi connectivity index (χ3n) is 2.38. The Morgan fingerprint density at radius 1 is 1.39 bits per heavy atom. The molecular weight excluding hydrogens is 252 g/mol. The van der Waals surface area contributed by atoms with Crippen molar-refractivity contribution in [2.45, 2.75) is 20.8 Å². The van der Waals surface area contributed by atoms with Gasteiger partial charge in [-0.1, -0.05) is 25.4 Å². The van der Waals surface area contributed by atoms with E-state index in [1.54, 1.807) is 24.3 Å². The maximum Gasteiger partial charge on any atom is 0.277 e. The van der Waals surface area contributed by atoms with E-state index in [1.807, 2.05) is 20.8 Å². The number of carbonyl (C=O) groups excluding carboxylic acids is 1. The molecule has 0 spiro atoms. The highest BCUT2D eigenvalue weighted by Gasteiger charge is 2.03. The van der Waals surface area contributed by atoms with Crippen LogP contribution in [0.2, 0.25) is 5.02 Å². The lowest BCUT2D eigenvalue weighted by molar-refractivity contribution is -0.123. The fourth-order valence-electron chi connectivity index (χ4n) is 0.992. The highest BCUT2D eigenvalue weighted by atomic mass is 35.5. The van der Waals surface area contributed by atoms with E-state index in [-0.39, 0.29) is 12.5 Å². The second-order valence-electron chi connectivity index (χ2n) is 4.19. The number of hydrazone groups is 1. The third-order valence-corrected chi connectivity index (χ3v) is 2.63. The van der Waals surface area contributed by atoms with Crippen molar-refractivity contribution >= 4 is 23.2 Å². The molecule has 1 rings (SSSR count). The molecule has 4 nitrogen and oxygen atoms in total. The van der Waals surface area contributed by atoms with Crippen LogP contribution >= 0.6 is 11.6 Å². The minimum atomic E-state index is -0.287. The van der Waals surface area contributed by atoms with Gasteiger partial charge in [0.05, 0.1) is 0 Å². The van der Waals surface area contributed by atoms with Gasteiger partial charge in [0.15, 0.2) is 6.61 Å². The van der Waals surface area contributed by atoms with Crippen LogP contribution in [0.5, 0.6) is 5.75 Å². The van der Waals surface area contributed by atoms with Crippen LogP contribution in [0.1, 0.15) is 20.8 Å². The van der Waals surface area contributed by atoms with Crippen LogP contribution in [0.3, 0.4) is 0 Å². The zero-order valence-electron chi connectivity index (χ0n) is 10.7. The van der Waals surface area contributed by atoms with E-state index < -0.39 is 0 Å². The Hall–Kier alpha value is -1.55. The first-order valence-corrected chi connectivity index (χ1v) is 6.08. The Morgan fingerprint density at radius 3 is 2.56 bits per heavy atom. The fourth-order valence-corrected chi connectivity index (χ4v) is 1.12. The number of ether oxygens (including phenoxy) is 1. The standard InChI is InChI=1S/C13H17ClN2O2/c1-9(2)10(3)15-16-13(17)8-18-12-6-4-11(14)5-7-12/h4-7,9H,8H2,1-3H3,(H,16,17). The predicted octanol–water partition coefficient (Wildman–Crippen LogP) is 2.87. The second-order valence-corrected chi connectivity index (χ2v) is 4.62. The quantitative estimate of drug-likeness (QED) is 0.659. The molecule has 0 unspecified atom stereocenters. The van der Waals surface area contributed by atoms with Crippen molar-refractivity contribution in [1.29, 1.82) is 0 Å². The van der Waals surface area contributed by atoms with Crippen LogP contribution in [0.25, 0.3) is 0 Å². The van der Waals surface area contributed by atoms with Gasteiger partial charge in [0.25, 0.3) is 5.91 Å². The number of carbonyl (C=O) groups is 1. The summed E-state index contributed by atoms with van der Waals surface area (Å²) < 4.78 is 5.28. The summed E-state index contributed by atoms with van der Waals surface area (Å²) in [7, 11) is 0. The zero-order chi connectivity index (χ0) is 13.5. The highest BCUT2D eigenvalue weighted by molar-refractivity contribution is 6.30. The molecule has 1 amide bonds. The van der Waals surface area contributed by atoms with Gasteiger partial charge in [0, 0.05) is 10.7 Å². The SMILES string of the molecule is CC(=NNC(=O)COc1ccc(Cl)cc1)C(C)C. The first kappa shape index (κ1) is 14.5. The van der Waals surface area contributed by atoms with E-state index in [9.17, 15) is 4.79 Å². The van der Waals surface area contributed by atoms with Crippen LogP contribution < -0.4 is 10.2 Å². The number of hydrogen-bond acceptors (Lipinski definition) is 3. The van der Waals surface area contributed by atoms with Crippen LogP contribution in [0.15, 0.2) is 29.4 Å². The molecule has 0 saturated carbocycles. The normalized spacial score (nSPS) is 11.5. The summed E-state index contributed by atoms with van der Waals surface area (Å²) >= 11 is 5.74. The maximum absolute atomic E-state index is 11.4. The van der Waals surface area contributed by atoms with E-state index in [2.05, 4.69) is 10.5 Å². The number of nitrogens with zero attached hydrogens (tertiary/aromatic N) is 1. The summed E-state index contributed by atoms with van der Waals surface area (Å²) in [5.41, 5.74) is 3.31. The van der Waals surface area contributed by atoms with Gasteiger partial charge in [0.1, 0.15) is 5.75 Å². The van der Waals surface area contributed by atoms with Crippen molar-refractivity contribution in [2.24, 2.45) is 11.0 Å². The Kier molecular flexibility index (Phi) is 5.65. The second kappa shape index (κ2) is 7.01. The Labute approximate surface area is 112 Å². The lowest BCUT2D eigenvalue weighted by Crippen LogP contribution is -2.26. The lowest BCUT2D eigenvalue weighted by Gasteiger charge is -2.06. The molecule has 0 atom stereocenters. The first-order valence-electron chi connectivity index (χ1n) is 5.70. The summed E-state index contributed by atoms with van der Waals surface area (Å²) in [6.45, 7) is 5.81. The number of hydrogen-bond donors (Lipinski definition) is 1. The molecule has 0 fully saturated rings. The molecule has 1 aromatic rings. The van der Waals surface area contributed by atoms with Gasteiger partial charge >= 0.3 is 0 Å². The van der Waals surface area contributed by atoms with Crippen molar-refractivity contribution in [1.82, 2.24) is 5.43 Å². The highest BCUT2D eigenvalue weighted by Crippen LogP contribution is 2.15. The minimum Gasteiger partial charge on any atom is -0.484 e. The van der Waals surface area contributed by atoms with Gasteiger partial charge in [-0.25, -0.2) is 5.43 Å². The largest absolute Gasteiger partial charge is 0.484 e. The number of amides is 1. The molecule has 0 aliphatic carbocycles. The molecule has 0 radical (unpaired) electrons. The Morgan fingerprint density at radius 2 is 2.00 bits per heavy atom. The van der Waals surface area contributed by atoms with Crippen molar-refractivity contribution < 1.29 is 9.53 Å². The van der Waals surface area contributed by atoms with Crippen LogP contribution in [0.4, 0.5) is 0 Å². The summed E-state index contributed by atoms with van der Waals surface area (Å²) in [4.78, 5) is 11.4. The molecule has 0 aliphatic heterocycles. The molecule has 0 aromatic heterocycles. The molecule has 0 aliphatic rings. The Bertz CT molecular complexity index is 427. The summed E-state index contributed by atoms with van der Waals surface area (Å²) in [6.07, 6.45) is 0. The van der Waals surface area contributed by atoms with Gasteiger partial charge in [-0.05, 0) is 37.1 Å². The number of nitrogens with one attached hydrogen (secondary N) is 1. The van der Waals surface area contributed by atoms with Crippen molar-refractivity contribution in [3.63, 3.8) is 0 Å². The monoisotopic (exact) mass is 268 g/mol. The van der Waals surface area contributed by atoms with E-state index >= 15 is 0 Å². The van der Waals surface area contributed by atoms with E-state index in [0.29, 0.717) is 16.7 Å². The summed E-state index contributed by atoms with van der Waals surface area (Å²) in [6, 6.07) is 6.82. The molecule has 18 heavy (non-hydrogen) atoms. The minimum absolute atomic E-state index is 0.0729. The number of halogens is 1. The van der Waals surface area contributed by atoms with Gasteiger partial charge in [-0.2, -0.15) is 5.10 Å². The van der Waals surface area contributed by atoms with E-state index in [1.165, 1.54) is 0 Å². The Balaban J connectivity index is 2.38. The molecule has 0 heterocycles. The predicted molar refractivity (Wildman–Crippen MR) is 73.0 cm³/mol.